The lowest BCUT2D eigenvalue weighted by Crippen LogP contribution is -2.41. The fraction of sp³-hybridized carbons (Fsp3) is 0.227. The number of hydrogen-bond donors (Lipinski definition) is 1. The molecule has 0 saturated heterocycles. The molecule has 0 saturated carbocycles. The summed E-state index contributed by atoms with van der Waals surface area (Å²) in [4.78, 5) is 6.94. The van der Waals surface area contributed by atoms with Gasteiger partial charge in [-0.2, -0.15) is 0 Å². The Morgan fingerprint density at radius 2 is 1.75 bits per heavy atom. The fourth-order valence-corrected chi connectivity index (χ4v) is 3.57. The second-order valence-corrected chi connectivity index (χ2v) is 7.18. The molecule has 2 aliphatic rings. The van der Waals surface area contributed by atoms with Crippen molar-refractivity contribution >= 4 is 23.1 Å². The largest absolute Gasteiger partial charge is 0.457 e. The summed E-state index contributed by atoms with van der Waals surface area (Å²) < 4.78 is 18.7. The molecule has 0 aliphatic carbocycles. The minimum atomic E-state index is -0.281. The molecular formula is C22H21ClFN3O. The van der Waals surface area contributed by atoms with Gasteiger partial charge in [-0.25, -0.2) is 4.39 Å². The number of rotatable bonds is 6. The molecule has 0 bridgehead atoms. The molecule has 0 aromatic heterocycles. The second-order valence-electron chi connectivity index (χ2n) is 6.75. The van der Waals surface area contributed by atoms with E-state index in [4.69, 9.17) is 21.3 Å². The number of hydrogen-bond acceptors (Lipinski definition) is 4. The molecule has 2 unspecified atom stereocenters. The van der Waals surface area contributed by atoms with E-state index in [2.05, 4.69) is 17.1 Å². The van der Waals surface area contributed by atoms with E-state index in [1.54, 1.807) is 12.1 Å². The second kappa shape index (κ2) is 8.07. The van der Waals surface area contributed by atoms with Crippen LogP contribution in [0.15, 0.2) is 76.9 Å². The Balaban J connectivity index is 1.38. The first-order valence-electron chi connectivity index (χ1n) is 9.31. The molecule has 0 radical (unpaired) electrons. The minimum absolute atomic E-state index is 0.217. The number of nitrogens with zero attached hydrogens (tertiary/aromatic N) is 2. The quantitative estimate of drug-likeness (QED) is 0.695. The van der Waals surface area contributed by atoms with E-state index >= 15 is 0 Å². The van der Waals surface area contributed by atoms with E-state index in [0.717, 1.165) is 24.5 Å². The van der Waals surface area contributed by atoms with E-state index in [0.29, 0.717) is 16.5 Å². The van der Waals surface area contributed by atoms with Crippen LogP contribution in [0.5, 0.6) is 11.5 Å². The number of halogens is 2. The summed E-state index contributed by atoms with van der Waals surface area (Å²) in [6.45, 7) is 2.90. The zero-order valence-electron chi connectivity index (χ0n) is 15.5. The number of aliphatic imine (C=N–C) groups is 1. The van der Waals surface area contributed by atoms with Gasteiger partial charge in [-0.15, -0.1) is 0 Å². The third-order valence-electron chi connectivity index (χ3n) is 4.86. The third-order valence-corrected chi connectivity index (χ3v) is 5.08. The molecule has 6 heteroatoms. The Bertz CT molecular complexity index is 922. The van der Waals surface area contributed by atoms with Gasteiger partial charge in [-0.1, -0.05) is 18.5 Å². The van der Waals surface area contributed by atoms with Gasteiger partial charge >= 0.3 is 0 Å². The molecule has 28 heavy (non-hydrogen) atoms. The van der Waals surface area contributed by atoms with Crippen LogP contribution >= 0.6 is 11.6 Å². The lowest BCUT2D eigenvalue weighted by molar-refractivity contribution is 0.386. The molecule has 1 N–H and O–H groups in total. The highest BCUT2D eigenvalue weighted by molar-refractivity contribution is 6.32. The lowest BCUT2D eigenvalue weighted by atomic mass is 10.1. The van der Waals surface area contributed by atoms with Crippen molar-refractivity contribution in [1.29, 1.82) is 0 Å². The van der Waals surface area contributed by atoms with Crippen LogP contribution in [-0.2, 0) is 0 Å². The molecule has 0 amide bonds. The van der Waals surface area contributed by atoms with Gasteiger partial charge in [0.25, 0.3) is 0 Å². The highest BCUT2D eigenvalue weighted by atomic mass is 35.5. The molecule has 0 spiro atoms. The third kappa shape index (κ3) is 4.04. The van der Waals surface area contributed by atoms with Gasteiger partial charge in [-0.3, -0.25) is 4.99 Å². The Morgan fingerprint density at radius 1 is 1.07 bits per heavy atom. The molecular weight excluding hydrogens is 377 g/mol. The first-order chi connectivity index (χ1) is 13.6. The first kappa shape index (κ1) is 18.6. The van der Waals surface area contributed by atoms with Crippen molar-refractivity contribution in [3.63, 3.8) is 0 Å². The molecule has 0 fully saturated rings. The monoisotopic (exact) mass is 397 g/mol. The topological polar surface area (TPSA) is 36.9 Å². The van der Waals surface area contributed by atoms with Crippen molar-refractivity contribution in [2.45, 2.75) is 25.4 Å². The van der Waals surface area contributed by atoms with Crippen LogP contribution in [0.4, 0.5) is 10.1 Å². The van der Waals surface area contributed by atoms with E-state index in [-0.39, 0.29) is 17.9 Å². The summed E-state index contributed by atoms with van der Waals surface area (Å²) in [6, 6.07) is 14.1. The summed E-state index contributed by atoms with van der Waals surface area (Å²) in [7, 11) is 0. The maximum Gasteiger partial charge on any atom is 0.128 e. The standard InChI is InChI=1S/C22H21ClFN3O/c1-2-20-21(27-14-15(23)3-12-22(27)26-20)13-25-17-6-10-19(11-7-17)28-18-8-4-16(24)5-9-18/h3-12,14,20-21,25H,2,13H2,1H3. The van der Waals surface area contributed by atoms with Gasteiger partial charge in [0, 0.05) is 18.4 Å². The van der Waals surface area contributed by atoms with Crippen LogP contribution < -0.4 is 10.1 Å². The average Bonchev–Trinajstić information content (AvgIpc) is 3.06. The van der Waals surface area contributed by atoms with Gasteiger partial charge < -0.3 is 15.0 Å². The fourth-order valence-electron chi connectivity index (χ4n) is 3.40. The number of benzene rings is 2. The number of amidine groups is 1. The zero-order valence-corrected chi connectivity index (χ0v) is 16.2. The molecule has 2 heterocycles. The van der Waals surface area contributed by atoms with Crippen molar-refractivity contribution in [2.75, 3.05) is 11.9 Å². The van der Waals surface area contributed by atoms with Crippen molar-refractivity contribution in [3.8, 4) is 11.5 Å². The number of allylic oxidation sites excluding steroid dienone is 2. The molecule has 2 aromatic carbocycles. The molecule has 144 valence electrons. The van der Waals surface area contributed by atoms with Gasteiger partial charge in [0.15, 0.2) is 0 Å². The smallest absolute Gasteiger partial charge is 0.128 e. The summed E-state index contributed by atoms with van der Waals surface area (Å²) in [5.74, 6) is 1.99. The van der Waals surface area contributed by atoms with E-state index in [1.165, 1.54) is 12.1 Å². The lowest BCUT2D eigenvalue weighted by Gasteiger charge is -2.28. The Hall–Kier alpha value is -2.79. The zero-order chi connectivity index (χ0) is 19.5. The van der Waals surface area contributed by atoms with E-state index in [1.807, 2.05) is 42.6 Å². The maximum atomic E-state index is 13.0. The normalized spacial score (nSPS) is 20.5. The molecule has 2 aliphatic heterocycles. The Labute approximate surface area is 169 Å². The molecule has 4 nitrogen and oxygen atoms in total. The number of fused-ring (bicyclic) bond motifs is 1. The highest BCUT2D eigenvalue weighted by Gasteiger charge is 2.34. The summed E-state index contributed by atoms with van der Waals surface area (Å²) in [5, 5.41) is 4.19. The highest BCUT2D eigenvalue weighted by Crippen LogP contribution is 2.27. The van der Waals surface area contributed by atoms with Crippen molar-refractivity contribution in [3.05, 3.63) is 77.7 Å². The number of anilines is 1. The SMILES string of the molecule is CCC1N=C2C=CC(Cl)=CN2C1CNc1ccc(Oc2ccc(F)cc2)cc1. The van der Waals surface area contributed by atoms with E-state index in [9.17, 15) is 4.39 Å². The predicted molar refractivity (Wildman–Crippen MR) is 112 cm³/mol. The minimum Gasteiger partial charge on any atom is -0.457 e. The molecule has 2 aromatic rings. The average molecular weight is 398 g/mol. The van der Waals surface area contributed by atoms with Crippen LogP contribution in [0, 0.1) is 5.82 Å². The number of nitrogens with one attached hydrogen (secondary N) is 1. The van der Waals surface area contributed by atoms with Gasteiger partial charge in [-0.05, 0) is 67.1 Å². The number of ether oxygens (including phenoxy) is 1. The van der Waals surface area contributed by atoms with E-state index < -0.39 is 0 Å². The predicted octanol–water partition coefficient (Wildman–Crippen LogP) is 5.54. The van der Waals surface area contributed by atoms with Crippen LogP contribution in [0.2, 0.25) is 0 Å². The van der Waals surface area contributed by atoms with Gasteiger partial charge in [0.1, 0.15) is 23.2 Å². The molecule has 4 rings (SSSR count). The van der Waals surface area contributed by atoms with Crippen LogP contribution in [0.1, 0.15) is 13.3 Å². The maximum absolute atomic E-state index is 13.0. The van der Waals surface area contributed by atoms with Crippen LogP contribution in [0.25, 0.3) is 0 Å². The van der Waals surface area contributed by atoms with Crippen LogP contribution in [0.3, 0.4) is 0 Å². The Morgan fingerprint density at radius 3 is 2.43 bits per heavy atom. The molecule has 2 atom stereocenters. The van der Waals surface area contributed by atoms with Gasteiger partial charge in [0.2, 0.25) is 0 Å². The summed E-state index contributed by atoms with van der Waals surface area (Å²) in [6.07, 6.45) is 6.75. The van der Waals surface area contributed by atoms with Crippen molar-refractivity contribution in [2.24, 2.45) is 4.99 Å². The Kier molecular flexibility index (Phi) is 5.35. The van der Waals surface area contributed by atoms with Crippen molar-refractivity contribution in [1.82, 2.24) is 4.90 Å². The summed E-state index contributed by atoms with van der Waals surface area (Å²) >= 11 is 6.17. The van der Waals surface area contributed by atoms with Crippen LogP contribution in [-0.4, -0.2) is 29.4 Å². The van der Waals surface area contributed by atoms with Gasteiger partial charge in [0.05, 0.1) is 17.1 Å². The summed E-state index contributed by atoms with van der Waals surface area (Å²) in [5.41, 5.74) is 0.998. The first-order valence-corrected chi connectivity index (χ1v) is 9.69. The van der Waals surface area contributed by atoms with Crippen molar-refractivity contribution < 1.29 is 9.13 Å².